The third kappa shape index (κ3) is 5.35. The molecule has 0 heterocycles. The molecule has 4 heteroatoms. The van der Waals surface area contributed by atoms with E-state index >= 15 is 0 Å². The van der Waals surface area contributed by atoms with Crippen molar-refractivity contribution < 1.29 is 19.7 Å². The third-order valence-electron chi connectivity index (χ3n) is 4.02. The van der Waals surface area contributed by atoms with E-state index in [0.717, 1.165) is 11.1 Å². The first-order valence-corrected chi connectivity index (χ1v) is 8.63. The van der Waals surface area contributed by atoms with E-state index in [0.29, 0.717) is 23.3 Å². The monoisotopic (exact) mass is 364 g/mol. The van der Waals surface area contributed by atoms with E-state index < -0.39 is 5.97 Å². The Hall–Kier alpha value is -3.27. The maximum absolute atomic E-state index is 11.7. The van der Waals surface area contributed by atoms with Gasteiger partial charge in [-0.05, 0) is 37.5 Å². The number of aromatic carboxylic acids is 1. The molecule has 0 saturated carbocycles. The van der Waals surface area contributed by atoms with Crippen LogP contribution in [-0.2, 0) is 6.42 Å². The van der Waals surface area contributed by atoms with E-state index in [-0.39, 0.29) is 11.3 Å². The molecule has 2 rings (SSSR count). The van der Waals surface area contributed by atoms with Gasteiger partial charge >= 0.3 is 5.97 Å². The molecule has 0 aromatic heterocycles. The highest BCUT2D eigenvalue weighted by Gasteiger charge is 2.21. The third-order valence-corrected chi connectivity index (χ3v) is 4.02. The fourth-order valence-corrected chi connectivity index (χ4v) is 2.64. The Balaban J connectivity index is 2.41. The summed E-state index contributed by atoms with van der Waals surface area (Å²) in [5.41, 5.74) is 2.84. The summed E-state index contributed by atoms with van der Waals surface area (Å²) in [5.74, 6) is -0.979. The summed E-state index contributed by atoms with van der Waals surface area (Å²) in [7, 11) is 1.50. The van der Waals surface area contributed by atoms with Gasteiger partial charge in [0.15, 0.2) is 0 Å². The van der Waals surface area contributed by atoms with Gasteiger partial charge in [0, 0.05) is 5.56 Å². The van der Waals surface area contributed by atoms with Gasteiger partial charge < -0.3 is 14.9 Å². The van der Waals surface area contributed by atoms with Crippen LogP contribution in [0.5, 0.6) is 11.5 Å². The van der Waals surface area contributed by atoms with Gasteiger partial charge in [-0.15, -0.1) is 0 Å². The van der Waals surface area contributed by atoms with Crippen molar-refractivity contribution in [1.82, 2.24) is 0 Å². The molecule has 2 aromatic carbocycles. The molecule has 0 aliphatic heterocycles. The van der Waals surface area contributed by atoms with E-state index in [1.54, 1.807) is 18.2 Å². The van der Waals surface area contributed by atoms with Crippen LogP contribution in [0.15, 0.2) is 60.2 Å². The van der Waals surface area contributed by atoms with E-state index in [1.165, 1.54) is 7.11 Å². The number of methoxy groups -OCH3 is 1. The summed E-state index contributed by atoms with van der Waals surface area (Å²) in [6.07, 6.45) is 9.44. The molecule has 2 aromatic rings. The van der Waals surface area contributed by atoms with Gasteiger partial charge in [-0.25, -0.2) is 4.79 Å². The number of carbonyl (C=O) groups is 1. The fraction of sp³-hybridized carbons (Fsp3) is 0.174. The molecule has 0 aliphatic carbocycles. The number of benzene rings is 2. The lowest BCUT2D eigenvalue weighted by molar-refractivity contribution is 0.0693. The van der Waals surface area contributed by atoms with Crippen molar-refractivity contribution in [2.24, 2.45) is 0 Å². The molecular formula is C23H24O4. The van der Waals surface area contributed by atoms with Gasteiger partial charge in [0.05, 0.1) is 7.11 Å². The lowest BCUT2D eigenvalue weighted by Gasteiger charge is -2.14. The van der Waals surface area contributed by atoms with Crippen LogP contribution >= 0.6 is 0 Å². The minimum absolute atomic E-state index is 0.127. The highest BCUT2D eigenvalue weighted by Crippen LogP contribution is 2.36. The fourth-order valence-electron chi connectivity index (χ4n) is 2.64. The molecule has 2 N–H and O–H groups in total. The second-order valence-corrected chi connectivity index (χ2v) is 6.29. The molecule has 0 saturated heterocycles. The highest BCUT2D eigenvalue weighted by molar-refractivity contribution is 5.96. The summed E-state index contributed by atoms with van der Waals surface area (Å²) in [6.45, 7) is 3.88. The predicted octanol–water partition coefficient (Wildman–Crippen LogP) is 5.33. The van der Waals surface area contributed by atoms with Crippen molar-refractivity contribution in [2.75, 3.05) is 7.11 Å². The van der Waals surface area contributed by atoms with Crippen LogP contribution in [0.2, 0.25) is 0 Å². The number of phenols is 1. The zero-order chi connectivity index (χ0) is 19.8. The first kappa shape index (κ1) is 20.0. The molecule has 27 heavy (non-hydrogen) atoms. The predicted molar refractivity (Wildman–Crippen MR) is 109 cm³/mol. The van der Waals surface area contributed by atoms with Crippen LogP contribution in [-0.4, -0.2) is 23.3 Å². The minimum atomic E-state index is -1.18. The standard InChI is InChI=1S/C23H24O4/c1-16(2)13-14-19-20(27-3)15-18(21(22(19)24)23(25)26)12-8-7-11-17-9-5-4-6-10-17/h4-13,15,24H,14H2,1-3H3,(H,25,26)/b11-7+,12-8+. The smallest absolute Gasteiger partial charge is 0.340 e. The average Bonchev–Trinajstić information content (AvgIpc) is 2.64. The van der Waals surface area contributed by atoms with E-state index in [1.807, 2.05) is 62.4 Å². The quantitative estimate of drug-likeness (QED) is 0.514. The van der Waals surface area contributed by atoms with Crippen molar-refractivity contribution in [3.8, 4) is 11.5 Å². The summed E-state index contributed by atoms with van der Waals surface area (Å²) in [4.78, 5) is 11.7. The number of hydrogen-bond donors (Lipinski definition) is 2. The molecule has 0 amide bonds. The van der Waals surface area contributed by atoms with Crippen LogP contribution in [0.1, 0.15) is 40.9 Å². The van der Waals surface area contributed by atoms with Crippen molar-refractivity contribution >= 4 is 18.1 Å². The normalized spacial score (nSPS) is 11.1. The minimum Gasteiger partial charge on any atom is -0.507 e. The van der Waals surface area contributed by atoms with Crippen LogP contribution in [0.25, 0.3) is 12.2 Å². The first-order chi connectivity index (χ1) is 12.9. The van der Waals surface area contributed by atoms with E-state index in [2.05, 4.69) is 0 Å². The van der Waals surface area contributed by atoms with Crippen LogP contribution < -0.4 is 4.74 Å². The summed E-state index contributed by atoms with van der Waals surface area (Å²) in [5, 5.41) is 20.1. The van der Waals surface area contributed by atoms with Crippen molar-refractivity contribution in [3.05, 3.63) is 82.5 Å². The van der Waals surface area contributed by atoms with E-state index in [4.69, 9.17) is 4.74 Å². The van der Waals surface area contributed by atoms with Gasteiger partial charge in [0.1, 0.15) is 17.1 Å². The first-order valence-electron chi connectivity index (χ1n) is 8.63. The number of carboxylic acids is 1. The molecule has 0 spiro atoms. The largest absolute Gasteiger partial charge is 0.507 e. The van der Waals surface area contributed by atoms with Crippen molar-refractivity contribution in [1.29, 1.82) is 0 Å². The average molecular weight is 364 g/mol. The van der Waals surface area contributed by atoms with Crippen LogP contribution in [0, 0.1) is 0 Å². The molecule has 0 aliphatic rings. The molecule has 0 fully saturated rings. The molecule has 4 nitrogen and oxygen atoms in total. The van der Waals surface area contributed by atoms with Gasteiger partial charge in [0.2, 0.25) is 0 Å². The van der Waals surface area contributed by atoms with Gasteiger partial charge in [0.25, 0.3) is 0 Å². The zero-order valence-corrected chi connectivity index (χ0v) is 15.8. The Kier molecular flexibility index (Phi) is 7.00. The zero-order valence-electron chi connectivity index (χ0n) is 15.8. The summed E-state index contributed by atoms with van der Waals surface area (Å²) >= 11 is 0. The van der Waals surface area contributed by atoms with Gasteiger partial charge in [-0.3, -0.25) is 0 Å². The SMILES string of the molecule is COc1cc(/C=C/C=C/c2ccccc2)c(C(=O)O)c(O)c1CC=C(C)C. The molecule has 140 valence electrons. The molecule has 0 unspecified atom stereocenters. The number of ether oxygens (including phenoxy) is 1. The second kappa shape index (κ2) is 9.43. The highest BCUT2D eigenvalue weighted by atomic mass is 16.5. The Labute approximate surface area is 159 Å². The lowest BCUT2D eigenvalue weighted by Crippen LogP contribution is -2.04. The van der Waals surface area contributed by atoms with Gasteiger partial charge in [-0.2, -0.15) is 0 Å². The van der Waals surface area contributed by atoms with Crippen LogP contribution in [0.3, 0.4) is 0 Å². The maximum Gasteiger partial charge on any atom is 0.340 e. The van der Waals surface area contributed by atoms with Gasteiger partial charge in [-0.1, -0.05) is 66.3 Å². The Morgan fingerprint density at radius 2 is 1.78 bits per heavy atom. The number of rotatable bonds is 7. The Morgan fingerprint density at radius 1 is 1.11 bits per heavy atom. The lowest BCUT2D eigenvalue weighted by atomic mass is 9.98. The maximum atomic E-state index is 11.7. The molecule has 0 atom stereocenters. The summed E-state index contributed by atoms with van der Waals surface area (Å²) < 4.78 is 5.38. The Bertz CT molecular complexity index is 886. The Morgan fingerprint density at radius 3 is 2.37 bits per heavy atom. The molecule has 0 bridgehead atoms. The molecular weight excluding hydrogens is 340 g/mol. The topological polar surface area (TPSA) is 66.8 Å². The van der Waals surface area contributed by atoms with Crippen LogP contribution in [0.4, 0.5) is 0 Å². The van der Waals surface area contributed by atoms with Crippen molar-refractivity contribution in [3.63, 3.8) is 0 Å². The van der Waals surface area contributed by atoms with E-state index in [9.17, 15) is 15.0 Å². The van der Waals surface area contributed by atoms with Crippen molar-refractivity contribution in [2.45, 2.75) is 20.3 Å². The second-order valence-electron chi connectivity index (χ2n) is 6.29. The number of hydrogen-bond acceptors (Lipinski definition) is 3. The summed E-state index contributed by atoms with van der Waals surface area (Å²) in [6, 6.07) is 11.4. The number of allylic oxidation sites excluding steroid dienone is 4. The molecule has 0 radical (unpaired) electrons. The number of aromatic hydroxyl groups is 1. The number of carboxylic acid groups (broad SMARTS) is 1.